The molecule has 0 aromatic heterocycles. The van der Waals surface area contributed by atoms with Crippen LogP contribution in [0.25, 0.3) is 0 Å². The number of aryl methyl sites for hydroxylation is 1. The van der Waals surface area contributed by atoms with E-state index in [0.717, 1.165) is 0 Å². The molecule has 0 atom stereocenters. The normalized spacial score (nSPS) is 12.3. The molecule has 3 N–H and O–H groups in total. The van der Waals surface area contributed by atoms with E-state index in [4.69, 9.17) is 5.73 Å². The Labute approximate surface area is 129 Å². The van der Waals surface area contributed by atoms with Crippen LogP contribution in [0.15, 0.2) is 21.5 Å². The second-order valence-electron chi connectivity index (χ2n) is 5.11. The monoisotopic (exact) mass is 363 g/mol. The molecule has 0 radical (unpaired) electrons. The number of benzene rings is 1. The highest BCUT2D eigenvalue weighted by molar-refractivity contribution is 9.10. The van der Waals surface area contributed by atoms with E-state index in [9.17, 15) is 8.42 Å². The van der Waals surface area contributed by atoms with Crippen LogP contribution in [0.2, 0.25) is 0 Å². The number of nitrogens with zero attached hydrogens (tertiary/aromatic N) is 1. The lowest BCUT2D eigenvalue weighted by molar-refractivity contribution is 0.278. The van der Waals surface area contributed by atoms with Crippen molar-refractivity contribution in [2.45, 2.75) is 31.7 Å². The van der Waals surface area contributed by atoms with Crippen LogP contribution in [0.3, 0.4) is 0 Å². The number of nitrogens with one attached hydrogen (secondary N) is 1. The number of hydrogen-bond acceptors (Lipinski definition) is 4. The van der Waals surface area contributed by atoms with Crippen molar-refractivity contribution in [2.24, 2.45) is 0 Å². The van der Waals surface area contributed by atoms with Crippen LogP contribution >= 0.6 is 15.9 Å². The third-order valence-electron chi connectivity index (χ3n) is 3.22. The fourth-order valence-corrected chi connectivity index (χ4v) is 3.39. The molecule has 0 unspecified atom stereocenters. The van der Waals surface area contributed by atoms with Crippen LogP contribution in [0.1, 0.15) is 19.4 Å². The Morgan fingerprint density at radius 2 is 2.00 bits per heavy atom. The molecule has 5 nitrogen and oxygen atoms in total. The first-order valence-corrected chi connectivity index (χ1v) is 8.68. The smallest absolute Gasteiger partial charge is 0.240 e. The molecule has 20 heavy (non-hydrogen) atoms. The number of nitrogen functional groups attached to an aromatic ring is 1. The van der Waals surface area contributed by atoms with Crippen molar-refractivity contribution in [3.8, 4) is 0 Å². The molecule has 0 amide bonds. The van der Waals surface area contributed by atoms with Crippen molar-refractivity contribution in [1.29, 1.82) is 0 Å². The summed E-state index contributed by atoms with van der Waals surface area (Å²) in [5.74, 6) is 0. The molecule has 0 heterocycles. The third kappa shape index (κ3) is 4.44. The zero-order valence-corrected chi connectivity index (χ0v) is 14.7. The van der Waals surface area contributed by atoms with Gasteiger partial charge in [0.25, 0.3) is 0 Å². The minimum absolute atomic E-state index is 0.227. The third-order valence-corrected chi connectivity index (χ3v) is 5.51. The van der Waals surface area contributed by atoms with Gasteiger partial charge in [0, 0.05) is 29.3 Å². The molecule has 0 bridgehead atoms. The Morgan fingerprint density at radius 3 is 2.55 bits per heavy atom. The average molecular weight is 364 g/mol. The molecular weight excluding hydrogens is 342 g/mol. The van der Waals surface area contributed by atoms with Crippen LogP contribution in [-0.4, -0.2) is 39.5 Å². The van der Waals surface area contributed by atoms with Crippen molar-refractivity contribution in [3.05, 3.63) is 22.2 Å². The van der Waals surface area contributed by atoms with Crippen molar-refractivity contribution in [1.82, 2.24) is 9.62 Å². The van der Waals surface area contributed by atoms with Gasteiger partial charge in [-0.2, -0.15) is 0 Å². The molecule has 1 rings (SSSR count). The molecule has 0 saturated heterocycles. The summed E-state index contributed by atoms with van der Waals surface area (Å²) < 4.78 is 27.8. The second kappa shape index (κ2) is 6.89. The van der Waals surface area contributed by atoms with Gasteiger partial charge in [0.2, 0.25) is 10.0 Å². The van der Waals surface area contributed by atoms with E-state index in [1.807, 2.05) is 7.05 Å². The first kappa shape index (κ1) is 17.4. The standard InChI is InChI=1S/C13H22BrN3O2S/c1-9(2)17(4)6-5-16-20(18,19)13-8-12(15)11(14)7-10(13)3/h7-9,16H,5-6,15H2,1-4H3. The summed E-state index contributed by atoms with van der Waals surface area (Å²) in [6.07, 6.45) is 0. The van der Waals surface area contributed by atoms with Gasteiger partial charge in [-0.05, 0) is 61.4 Å². The number of likely N-dealkylation sites (N-methyl/N-ethyl adjacent to an activating group) is 1. The number of sulfonamides is 1. The van der Waals surface area contributed by atoms with Crippen LogP contribution < -0.4 is 10.5 Å². The SMILES string of the molecule is Cc1cc(Br)c(N)cc1S(=O)(=O)NCCN(C)C(C)C. The largest absolute Gasteiger partial charge is 0.398 e. The van der Waals surface area contributed by atoms with Crippen molar-refractivity contribution in [3.63, 3.8) is 0 Å². The van der Waals surface area contributed by atoms with Crippen molar-refractivity contribution in [2.75, 3.05) is 25.9 Å². The molecule has 0 aliphatic rings. The van der Waals surface area contributed by atoms with Crippen molar-refractivity contribution >= 4 is 31.6 Å². The molecule has 0 aliphatic carbocycles. The summed E-state index contributed by atoms with van der Waals surface area (Å²) in [5.41, 5.74) is 6.83. The van der Waals surface area contributed by atoms with Gasteiger partial charge in [-0.3, -0.25) is 0 Å². The fourth-order valence-electron chi connectivity index (χ4n) is 1.65. The molecule has 1 aromatic rings. The summed E-state index contributed by atoms with van der Waals surface area (Å²) in [5, 5.41) is 0. The lowest BCUT2D eigenvalue weighted by Crippen LogP contribution is -2.36. The summed E-state index contributed by atoms with van der Waals surface area (Å²) in [4.78, 5) is 2.30. The number of hydrogen-bond donors (Lipinski definition) is 2. The highest BCUT2D eigenvalue weighted by Crippen LogP contribution is 2.26. The highest BCUT2D eigenvalue weighted by atomic mass is 79.9. The molecule has 1 aromatic carbocycles. The van der Waals surface area contributed by atoms with E-state index in [2.05, 4.69) is 39.4 Å². The zero-order chi connectivity index (χ0) is 15.5. The molecular formula is C13H22BrN3O2S. The van der Waals surface area contributed by atoms with Crippen LogP contribution in [0.4, 0.5) is 5.69 Å². The van der Waals surface area contributed by atoms with Gasteiger partial charge in [-0.1, -0.05) is 0 Å². The molecule has 0 aliphatic heterocycles. The Bertz CT molecular complexity index is 573. The quantitative estimate of drug-likeness (QED) is 0.757. The maximum Gasteiger partial charge on any atom is 0.240 e. The van der Waals surface area contributed by atoms with Gasteiger partial charge in [0.1, 0.15) is 0 Å². The molecule has 0 saturated carbocycles. The predicted octanol–water partition coefficient (Wildman–Crippen LogP) is 1.96. The topological polar surface area (TPSA) is 75.4 Å². The van der Waals surface area contributed by atoms with Gasteiger partial charge in [0.05, 0.1) is 4.90 Å². The first-order chi connectivity index (χ1) is 9.15. The summed E-state index contributed by atoms with van der Waals surface area (Å²) in [6, 6.07) is 3.57. The van der Waals surface area contributed by atoms with Gasteiger partial charge >= 0.3 is 0 Å². The summed E-state index contributed by atoms with van der Waals surface area (Å²) in [7, 11) is -1.57. The van der Waals surface area contributed by atoms with Crippen LogP contribution in [0, 0.1) is 6.92 Å². The number of rotatable bonds is 6. The average Bonchev–Trinajstić information content (AvgIpc) is 2.33. The van der Waals surface area contributed by atoms with Gasteiger partial charge in [0.15, 0.2) is 0 Å². The van der Waals surface area contributed by atoms with E-state index in [-0.39, 0.29) is 4.90 Å². The summed E-state index contributed by atoms with van der Waals surface area (Å²) >= 11 is 3.29. The minimum atomic E-state index is -3.53. The Hall–Kier alpha value is -0.630. The lowest BCUT2D eigenvalue weighted by atomic mass is 10.2. The lowest BCUT2D eigenvalue weighted by Gasteiger charge is -2.21. The van der Waals surface area contributed by atoms with Crippen LogP contribution in [-0.2, 0) is 10.0 Å². The maximum atomic E-state index is 12.3. The Kier molecular flexibility index (Phi) is 6.00. The van der Waals surface area contributed by atoms with Gasteiger partial charge in [-0.15, -0.1) is 0 Å². The Morgan fingerprint density at radius 1 is 1.40 bits per heavy atom. The van der Waals surface area contributed by atoms with Gasteiger partial charge < -0.3 is 10.6 Å². The summed E-state index contributed by atoms with van der Waals surface area (Å²) in [6.45, 7) is 6.90. The van der Waals surface area contributed by atoms with E-state index in [0.29, 0.717) is 34.9 Å². The highest BCUT2D eigenvalue weighted by Gasteiger charge is 2.18. The van der Waals surface area contributed by atoms with Crippen LogP contribution in [0.5, 0.6) is 0 Å². The maximum absolute atomic E-state index is 12.3. The first-order valence-electron chi connectivity index (χ1n) is 6.40. The fraction of sp³-hybridized carbons (Fsp3) is 0.538. The van der Waals surface area contributed by atoms with E-state index in [1.165, 1.54) is 6.07 Å². The molecule has 0 spiro atoms. The van der Waals surface area contributed by atoms with Crippen molar-refractivity contribution < 1.29 is 8.42 Å². The Balaban J connectivity index is 2.82. The number of nitrogens with two attached hydrogens (primary N) is 1. The number of halogens is 1. The minimum Gasteiger partial charge on any atom is -0.398 e. The number of anilines is 1. The zero-order valence-electron chi connectivity index (χ0n) is 12.3. The van der Waals surface area contributed by atoms with E-state index >= 15 is 0 Å². The molecule has 114 valence electrons. The molecule has 7 heteroatoms. The van der Waals surface area contributed by atoms with E-state index < -0.39 is 10.0 Å². The second-order valence-corrected chi connectivity index (χ2v) is 7.70. The molecule has 0 fully saturated rings. The van der Waals surface area contributed by atoms with E-state index in [1.54, 1.807) is 13.0 Å². The van der Waals surface area contributed by atoms with Gasteiger partial charge in [-0.25, -0.2) is 13.1 Å². The predicted molar refractivity (Wildman–Crippen MR) is 86.2 cm³/mol.